The molecule has 0 unspecified atom stereocenters. The maximum absolute atomic E-state index is 10.2. The van der Waals surface area contributed by atoms with Gasteiger partial charge in [0.2, 0.25) is 0 Å². The van der Waals surface area contributed by atoms with E-state index in [1.165, 1.54) is 16.7 Å². The topological polar surface area (TPSA) is 54.4 Å². The molecule has 5 rings (SSSR count). The van der Waals surface area contributed by atoms with E-state index in [1.54, 1.807) is 7.11 Å². The van der Waals surface area contributed by atoms with Crippen LogP contribution in [-0.2, 0) is 16.7 Å². The largest absolute Gasteiger partial charge is 0.493 e. The van der Waals surface area contributed by atoms with Gasteiger partial charge in [0.1, 0.15) is 6.10 Å². The molecule has 6 heteroatoms. The van der Waals surface area contributed by atoms with Gasteiger partial charge in [-0.25, -0.2) is 0 Å². The van der Waals surface area contributed by atoms with Gasteiger partial charge in [-0.2, -0.15) is 0 Å². The predicted molar refractivity (Wildman–Crippen MR) is 111 cm³/mol. The van der Waals surface area contributed by atoms with Crippen LogP contribution in [0.5, 0.6) is 11.5 Å². The number of aryl methyl sites for hydroxylation is 1. The van der Waals surface area contributed by atoms with Crippen molar-refractivity contribution in [2.45, 2.75) is 43.9 Å². The lowest BCUT2D eigenvalue weighted by atomic mass is 9.68. The van der Waals surface area contributed by atoms with Crippen molar-refractivity contribution in [3.8, 4) is 11.5 Å². The summed E-state index contributed by atoms with van der Waals surface area (Å²) in [7, 11) is 1.71. The molecule has 0 aromatic heterocycles. The summed E-state index contributed by atoms with van der Waals surface area (Å²) in [6, 6.07) is 2.12. The van der Waals surface area contributed by atoms with Crippen LogP contribution in [0.3, 0.4) is 0 Å². The fourth-order valence-electron chi connectivity index (χ4n) is 5.52. The van der Waals surface area contributed by atoms with E-state index in [1.807, 2.05) is 6.08 Å². The van der Waals surface area contributed by atoms with Crippen LogP contribution in [0.25, 0.3) is 0 Å². The molecule has 0 radical (unpaired) electrons. The number of methoxy groups -OCH3 is 1. The molecular formula is C23H32N2O4. The number of aliphatic hydroxyl groups is 1. The Morgan fingerprint density at radius 2 is 2.00 bits per heavy atom. The first-order chi connectivity index (χ1) is 14.1. The molecule has 0 bridgehead atoms. The van der Waals surface area contributed by atoms with Gasteiger partial charge in [-0.1, -0.05) is 12.2 Å². The van der Waals surface area contributed by atoms with Gasteiger partial charge in [-0.3, -0.25) is 9.80 Å². The second-order valence-corrected chi connectivity index (χ2v) is 8.87. The minimum atomic E-state index is -0.434. The molecule has 158 valence electrons. The lowest BCUT2D eigenvalue weighted by Crippen LogP contribution is -2.44. The Morgan fingerprint density at radius 3 is 2.79 bits per heavy atom. The molecule has 3 heterocycles. The maximum Gasteiger partial charge on any atom is 0.166 e. The van der Waals surface area contributed by atoms with E-state index in [9.17, 15) is 5.11 Å². The van der Waals surface area contributed by atoms with E-state index in [0.29, 0.717) is 6.42 Å². The summed E-state index contributed by atoms with van der Waals surface area (Å²) < 4.78 is 17.6. The Balaban J connectivity index is 1.48. The van der Waals surface area contributed by atoms with Gasteiger partial charge >= 0.3 is 0 Å². The van der Waals surface area contributed by atoms with Crippen molar-refractivity contribution < 1.29 is 19.3 Å². The molecule has 3 aliphatic heterocycles. The third kappa shape index (κ3) is 3.26. The molecule has 1 fully saturated rings. The Labute approximate surface area is 173 Å². The van der Waals surface area contributed by atoms with Crippen molar-refractivity contribution in [2.24, 2.45) is 0 Å². The summed E-state index contributed by atoms with van der Waals surface area (Å²) in [6.45, 7) is 10.1. The standard InChI is InChI=1S/C23H32N2O4/c1-16-13-19(27-2)22-21-18(16)15-25(8-7-24-9-11-28-12-10-24)6-5-23(21)4-3-17(26)14-20(23)29-22/h3-4,13,17,20,26H,5-12,14-15H2,1-2H3/t17-,20-,23+/m1/s1. The van der Waals surface area contributed by atoms with Gasteiger partial charge in [0.15, 0.2) is 11.5 Å². The highest BCUT2D eigenvalue weighted by atomic mass is 16.5. The molecule has 1 aromatic carbocycles. The zero-order valence-electron chi connectivity index (χ0n) is 17.5. The molecule has 1 saturated heterocycles. The van der Waals surface area contributed by atoms with Gasteiger partial charge in [0.25, 0.3) is 0 Å². The first kappa shape index (κ1) is 19.4. The number of rotatable bonds is 4. The number of hydrogen-bond acceptors (Lipinski definition) is 6. The summed E-state index contributed by atoms with van der Waals surface area (Å²) in [5.74, 6) is 1.71. The first-order valence-corrected chi connectivity index (χ1v) is 10.9. The number of aliphatic hydroxyl groups excluding tert-OH is 1. The summed E-state index contributed by atoms with van der Waals surface area (Å²) in [5.41, 5.74) is 3.79. The molecule has 1 N–H and O–H groups in total. The van der Waals surface area contributed by atoms with Gasteiger partial charge in [0.05, 0.1) is 31.8 Å². The highest BCUT2D eigenvalue weighted by Gasteiger charge is 2.53. The second kappa shape index (κ2) is 7.58. The maximum atomic E-state index is 10.2. The lowest BCUT2D eigenvalue weighted by molar-refractivity contribution is 0.0322. The lowest BCUT2D eigenvalue weighted by Gasteiger charge is -2.36. The predicted octanol–water partition coefficient (Wildman–Crippen LogP) is 1.86. The highest BCUT2D eigenvalue weighted by Crippen LogP contribution is 2.56. The summed E-state index contributed by atoms with van der Waals surface area (Å²) in [5, 5.41) is 10.2. The minimum absolute atomic E-state index is 0.0221. The third-order valence-electron chi connectivity index (χ3n) is 7.23. The Kier molecular flexibility index (Phi) is 5.06. The summed E-state index contributed by atoms with van der Waals surface area (Å²) >= 11 is 0. The van der Waals surface area contributed by atoms with Crippen LogP contribution in [0.4, 0.5) is 0 Å². The number of nitrogens with zero attached hydrogens (tertiary/aromatic N) is 2. The summed E-state index contributed by atoms with van der Waals surface area (Å²) in [6.07, 6.45) is 5.39. The normalized spacial score (nSPS) is 31.7. The molecule has 4 aliphatic rings. The number of benzene rings is 1. The van der Waals surface area contributed by atoms with E-state index in [4.69, 9.17) is 14.2 Å². The van der Waals surface area contributed by atoms with Crippen molar-refractivity contribution in [3.05, 3.63) is 34.9 Å². The van der Waals surface area contributed by atoms with Crippen LogP contribution in [0.1, 0.15) is 29.5 Å². The van der Waals surface area contributed by atoms with Crippen molar-refractivity contribution in [3.63, 3.8) is 0 Å². The molecule has 3 atom stereocenters. The quantitative estimate of drug-likeness (QED) is 0.779. The van der Waals surface area contributed by atoms with Gasteiger partial charge in [-0.15, -0.1) is 0 Å². The fourth-order valence-corrected chi connectivity index (χ4v) is 5.52. The van der Waals surface area contributed by atoms with Gasteiger partial charge in [0, 0.05) is 44.7 Å². The Hall–Kier alpha value is -1.60. The van der Waals surface area contributed by atoms with Crippen molar-refractivity contribution >= 4 is 0 Å². The van der Waals surface area contributed by atoms with E-state index < -0.39 is 6.10 Å². The Bertz CT molecular complexity index is 805. The van der Waals surface area contributed by atoms with Crippen molar-refractivity contribution in [1.29, 1.82) is 0 Å². The van der Waals surface area contributed by atoms with E-state index >= 15 is 0 Å². The molecule has 29 heavy (non-hydrogen) atoms. The van der Waals surface area contributed by atoms with Gasteiger partial charge < -0.3 is 19.3 Å². The number of morpholine rings is 1. The molecule has 1 aliphatic carbocycles. The average molecular weight is 401 g/mol. The molecule has 0 saturated carbocycles. The minimum Gasteiger partial charge on any atom is -0.493 e. The van der Waals surface area contributed by atoms with Crippen LogP contribution >= 0.6 is 0 Å². The molecule has 1 spiro atoms. The number of ether oxygens (including phenoxy) is 3. The van der Waals surface area contributed by atoms with Crippen molar-refractivity contribution in [1.82, 2.24) is 9.80 Å². The SMILES string of the molecule is COc1cc(C)c2c3c1O[C@@H]1C[C@H](O)C=C[C@@]31CCN(CCN1CCOCC1)C2. The Morgan fingerprint density at radius 1 is 1.21 bits per heavy atom. The van der Waals surface area contributed by atoms with Crippen LogP contribution in [0.15, 0.2) is 18.2 Å². The van der Waals surface area contributed by atoms with Crippen LogP contribution in [0, 0.1) is 6.92 Å². The number of hydrogen-bond donors (Lipinski definition) is 1. The molecule has 6 nitrogen and oxygen atoms in total. The summed E-state index contributed by atoms with van der Waals surface area (Å²) in [4.78, 5) is 5.10. The van der Waals surface area contributed by atoms with E-state index in [2.05, 4.69) is 28.9 Å². The molecular weight excluding hydrogens is 368 g/mol. The average Bonchev–Trinajstić information content (AvgIpc) is 2.96. The van der Waals surface area contributed by atoms with Crippen molar-refractivity contribution in [2.75, 3.05) is 53.0 Å². The van der Waals surface area contributed by atoms with E-state index in [-0.39, 0.29) is 11.5 Å². The molecule has 0 amide bonds. The second-order valence-electron chi connectivity index (χ2n) is 8.87. The van der Waals surface area contributed by atoms with Crippen LogP contribution < -0.4 is 9.47 Å². The third-order valence-corrected chi connectivity index (χ3v) is 7.23. The fraction of sp³-hybridized carbons (Fsp3) is 0.652. The first-order valence-electron chi connectivity index (χ1n) is 10.9. The monoisotopic (exact) mass is 400 g/mol. The zero-order chi connectivity index (χ0) is 20.0. The van der Waals surface area contributed by atoms with Gasteiger partial charge in [-0.05, 0) is 37.1 Å². The highest BCUT2D eigenvalue weighted by molar-refractivity contribution is 5.63. The van der Waals surface area contributed by atoms with Crippen LogP contribution in [0.2, 0.25) is 0 Å². The molecule has 1 aromatic rings. The smallest absolute Gasteiger partial charge is 0.166 e. The van der Waals surface area contributed by atoms with E-state index in [0.717, 1.165) is 70.4 Å². The van der Waals surface area contributed by atoms with Crippen LogP contribution in [-0.4, -0.2) is 80.2 Å². The zero-order valence-corrected chi connectivity index (χ0v) is 17.5.